The van der Waals surface area contributed by atoms with Crippen molar-refractivity contribution in [2.24, 2.45) is 0 Å². The first-order valence-corrected chi connectivity index (χ1v) is 11.0. The number of aromatic nitrogens is 2. The van der Waals surface area contributed by atoms with Gasteiger partial charge in [0.1, 0.15) is 22.9 Å². The normalized spacial score (nSPS) is 11.0. The fourth-order valence-corrected chi connectivity index (χ4v) is 4.41. The molecular weight excluding hydrogens is 455 g/mol. The molecule has 0 unspecified atom stereocenters. The van der Waals surface area contributed by atoms with Crippen LogP contribution in [0.25, 0.3) is 39.3 Å². The molecule has 4 nitrogen and oxygen atoms in total. The molecule has 2 N–H and O–H groups in total. The summed E-state index contributed by atoms with van der Waals surface area (Å²) < 4.78 is 1.75. The molecule has 6 heteroatoms. The molecule has 0 atom stereocenters. The maximum atomic E-state index is 9.89. The Morgan fingerprint density at radius 2 is 1.12 bits per heavy atom. The minimum absolute atomic E-state index is 0.167. The molecule has 0 spiro atoms. The second kappa shape index (κ2) is 8.66. The summed E-state index contributed by atoms with van der Waals surface area (Å²) in [4.78, 5) is 0. The van der Waals surface area contributed by atoms with Crippen LogP contribution in [0.1, 0.15) is 0 Å². The van der Waals surface area contributed by atoms with Gasteiger partial charge in [0.15, 0.2) is 0 Å². The maximum absolute atomic E-state index is 9.89. The van der Waals surface area contributed by atoms with Crippen LogP contribution in [0.2, 0.25) is 10.0 Å². The third kappa shape index (κ3) is 3.95. The topological polar surface area (TPSA) is 58.3 Å². The first-order chi connectivity index (χ1) is 16.0. The highest BCUT2D eigenvalue weighted by molar-refractivity contribution is 6.37. The number of halogens is 2. The van der Waals surface area contributed by atoms with Crippen LogP contribution in [0.5, 0.6) is 11.5 Å². The van der Waals surface area contributed by atoms with Crippen molar-refractivity contribution in [1.82, 2.24) is 9.78 Å². The Hall–Kier alpha value is -3.73. The van der Waals surface area contributed by atoms with Crippen molar-refractivity contribution >= 4 is 23.2 Å². The highest BCUT2D eigenvalue weighted by atomic mass is 35.5. The van der Waals surface area contributed by atoms with Gasteiger partial charge in [-0.15, -0.1) is 0 Å². The molecular formula is C27H18Cl2N2O2. The monoisotopic (exact) mass is 472 g/mol. The predicted molar refractivity (Wildman–Crippen MR) is 133 cm³/mol. The maximum Gasteiger partial charge on any atom is 0.115 e. The first-order valence-electron chi connectivity index (χ1n) is 10.2. The quantitative estimate of drug-likeness (QED) is 0.283. The molecule has 5 aromatic rings. The lowest BCUT2D eigenvalue weighted by molar-refractivity contribution is 0.475. The number of phenolic OH excluding ortho intramolecular Hbond substituents is 2. The smallest absolute Gasteiger partial charge is 0.115 e. The van der Waals surface area contributed by atoms with Gasteiger partial charge in [0, 0.05) is 16.7 Å². The van der Waals surface area contributed by atoms with E-state index in [0.717, 1.165) is 27.9 Å². The number of para-hydroxylation sites is 1. The van der Waals surface area contributed by atoms with Crippen molar-refractivity contribution in [1.29, 1.82) is 0 Å². The number of benzene rings is 4. The third-order valence-electron chi connectivity index (χ3n) is 5.38. The SMILES string of the molecule is Oc1ccc(-c2nn(-c3c(Cl)cccc3Cl)c(-c3ccc(O)cc3)c2-c2ccccc2)cc1. The summed E-state index contributed by atoms with van der Waals surface area (Å²) in [6, 6.07) is 29.1. The van der Waals surface area contributed by atoms with Crippen molar-refractivity contribution in [3.8, 4) is 50.8 Å². The van der Waals surface area contributed by atoms with E-state index in [1.165, 1.54) is 0 Å². The van der Waals surface area contributed by atoms with Gasteiger partial charge in [-0.3, -0.25) is 0 Å². The molecule has 162 valence electrons. The molecule has 1 heterocycles. The summed E-state index contributed by atoms with van der Waals surface area (Å²) in [7, 11) is 0. The molecule has 0 bridgehead atoms. The van der Waals surface area contributed by atoms with Gasteiger partial charge in [0.25, 0.3) is 0 Å². The lowest BCUT2D eigenvalue weighted by Crippen LogP contribution is -2.01. The molecule has 0 saturated heterocycles. The molecule has 0 radical (unpaired) electrons. The Kier molecular flexibility index (Phi) is 5.55. The van der Waals surface area contributed by atoms with Crippen molar-refractivity contribution in [3.63, 3.8) is 0 Å². The summed E-state index contributed by atoms with van der Waals surface area (Å²) in [6.07, 6.45) is 0. The summed E-state index contributed by atoms with van der Waals surface area (Å²) in [5.74, 6) is 0.341. The number of aromatic hydroxyl groups is 2. The molecule has 33 heavy (non-hydrogen) atoms. The predicted octanol–water partition coefficient (Wildman–Crippen LogP) is 7.59. The molecule has 1 aromatic heterocycles. The fourth-order valence-electron chi connectivity index (χ4n) is 3.86. The van der Waals surface area contributed by atoms with E-state index >= 15 is 0 Å². The number of rotatable bonds is 4. The van der Waals surface area contributed by atoms with Gasteiger partial charge in [0.2, 0.25) is 0 Å². The third-order valence-corrected chi connectivity index (χ3v) is 5.99. The van der Waals surface area contributed by atoms with E-state index in [0.29, 0.717) is 21.4 Å². The van der Waals surface area contributed by atoms with Crippen LogP contribution in [-0.4, -0.2) is 20.0 Å². The van der Waals surface area contributed by atoms with Crippen LogP contribution in [0.3, 0.4) is 0 Å². The molecule has 0 saturated carbocycles. The largest absolute Gasteiger partial charge is 0.508 e. The number of hydrogen-bond donors (Lipinski definition) is 2. The molecule has 0 amide bonds. The van der Waals surface area contributed by atoms with E-state index in [1.807, 2.05) is 54.6 Å². The average molecular weight is 473 g/mol. The van der Waals surface area contributed by atoms with Crippen LogP contribution >= 0.6 is 23.2 Å². The van der Waals surface area contributed by atoms with Gasteiger partial charge in [-0.1, -0.05) is 59.6 Å². The lowest BCUT2D eigenvalue weighted by atomic mass is 9.95. The Labute approximate surface area is 200 Å². The van der Waals surface area contributed by atoms with Gasteiger partial charge in [-0.05, 0) is 66.2 Å². The Bertz CT molecular complexity index is 1410. The number of phenols is 2. The summed E-state index contributed by atoms with van der Waals surface area (Å²) in [5.41, 5.74) is 5.54. The zero-order valence-electron chi connectivity index (χ0n) is 17.3. The van der Waals surface area contributed by atoms with Crippen LogP contribution in [0.15, 0.2) is 97.1 Å². The van der Waals surface area contributed by atoms with Gasteiger partial charge in [-0.25, -0.2) is 4.68 Å². The van der Waals surface area contributed by atoms with Crippen LogP contribution in [-0.2, 0) is 0 Å². The van der Waals surface area contributed by atoms with E-state index in [2.05, 4.69) is 0 Å². The van der Waals surface area contributed by atoms with E-state index in [4.69, 9.17) is 28.3 Å². The van der Waals surface area contributed by atoms with Crippen LogP contribution in [0, 0.1) is 0 Å². The zero-order chi connectivity index (χ0) is 22.9. The molecule has 0 aliphatic heterocycles. The summed E-state index contributed by atoms with van der Waals surface area (Å²) in [5, 5.41) is 25.6. The number of hydrogen-bond acceptors (Lipinski definition) is 3. The van der Waals surface area contributed by atoms with Crippen molar-refractivity contribution < 1.29 is 10.2 Å². The second-order valence-electron chi connectivity index (χ2n) is 7.51. The Balaban J connectivity index is 1.92. The second-order valence-corrected chi connectivity index (χ2v) is 8.33. The van der Waals surface area contributed by atoms with Gasteiger partial charge in [0.05, 0.1) is 15.7 Å². The van der Waals surface area contributed by atoms with E-state index in [9.17, 15) is 10.2 Å². The van der Waals surface area contributed by atoms with Crippen LogP contribution in [0.4, 0.5) is 0 Å². The van der Waals surface area contributed by atoms with E-state index in [1.54, 1.807) is 47.1 Å². The minimum Gasteiger partial charge on any atom is -0.508 e. The highest BCUT2D eigenvalue weighted by Crippen LogP contribution is 2.43. The summed E-state index contributed by atoms with van der Waals surface area (Å²) >= 11 is 13.2. The zero-order valence-corrected chi connectivity index (χ0v) is 18.8. The van der Waals surface area contributed by atoms with Gasteiger partial charge >= 0.3 is 0 Å². The molecule has 0 fully saturated rings. The number of nitrogens with zero attached hydrogens (tertiary/aromatic N) is 2. The molecule has 5 rings (SSSR count). The first kappa shape index (κ1) is 21.1. The molecule has 0 aliphatic carbocycles. The minimum atomic E-state index is 0.167. The van der Waals surface area contributed by atoms with Crippen molar-refractivity contribution in [2.75, 3.05) is 0 Å². The van der Waals surface area contributed by atoms with E-state index < -0.39 is 0 Å². The van der Waals surface area contributed by atoms with E-state index in [-0.39, 0.29) is 11.5 Å². The van der Waals surface area contributed by atoms with Crippen molar-refractivity contribution in [2.45, 2.75) is 0 Å². The standard InChI is InChI=1S/C27H18Cl2N2O2/c28-22-7-4-8-23(29)27(22)31-26(19-11-15-21(33)16-12-19)24(17-5-2-1-3-6-17)25(30-31)18-9-13-20(32)14-10-18/h1-16,32-33H. The fraction of sp³-hybridized carbons (Fsp3) is 0. The van der Waals surface area contributed by atoms with Crippen LogP contribution < -0.4 is 0 Å². The van der Waals surface area contributed by atoms with Gasteiger partial charge in [-0.2, -0.15) is 5.10 Å². The Morgan fingerprint density at radius 3 is 1.70 bits per heavy atom. The Morgan fingerprint density at radius 1 is 0.576 bits per heavy atom. The lowest BCUT2D eigenvalue weighted by Gasteiger charge is -2.13. The average Bonchev–Trinajstić information content (AvgIpc) is 3.20. The highest BCUT2D eigenvalue weighted by Gasteiger charge is 2.25. The molecule has 0 aliphatic rings. The molecule has 4 aromatic carbocycles. The van der Waals surface area contributed by atoms with Crippen molar-refractivity contribution in [3.05, 3.63) is 107 Å². The summed E-state index contributed by atoms with van der Waals surface area (Å²) in [6.45, 7) is 0. The van der Waals surface area contributed by atoms with Gasteiger partial charge < -0.3 is 10.2 Å².